The van der Waals surface area contributed by atoms with Gasteiger partial charge in [-0.15, -0.1) is 0 Å². The third-order valence-electron chi connectivity index (χ3n) is 5.61. The van der Waals surface area contributed by atoms with Gasteiger partial charge < -0.3 is 10.2 Å². The molecule has 2 N–H and O–H groups in total. The number of anilines is 1. The van der Waals surface area contributed by atoms with Crippen molar-refractivity contribution < 1.29 is 0 Å². The fraction of sp³-hybridized carbons (Fsp3) is 0.778. The van der Waals surface area contributed by atoms with Gasteiger partial charge in [0.25, 0.3) is 5.56 Å². The molecule has 1 saturated heterocycles. The third-order valence-corrected chi connectivity index (χ3v) is 5.61. The van der Waals surface area contributed by atoms with E-state index < -0.39 is 0 Å². The predicted molar refractivity (Wildman–Crippen MR) is 96.7 cm³/mol. The summed E-state index contributed by atoms with van der Waals surface area (Å²) >= 11 is 0. The molecule has 3 rings (SSSR count). The van der Waals surface area contributed by atoms with Gasteiger partial charge >= 0.3 is 5.69 Å². The van der Waals surface area contributed by atoms with Gasteiger partial charge in [-0.25, -0.2) is 4.79 Å². The Kier molecular flexibility index (Phi) is 5.76. The van der Waals surface area contributed by atoms with Crippen molar-refractivity contribution in [3.8, 4) is 0 Å². The topological polar surface area (TPSA) is 70.1 Å². The summed E-state index contributed by atoms with van der Waals surface area (Å²) in [6.07, 6.45) is 10.8. The lowest BCUT2D eigenvalue weighted by Crippen LogP contribution is -2.37. The van der Waals surface area contributed by atoms with Crippen molar-refractivity contribution in [2.24, 2.45) is 13.0 Å². The van der Waals surface area contributed by atoms with E-state index in [1.165, 1.54) is 58.1 Å². The minimum atomic E-state index is -0.346. The Hall–Kier alpha value is -1.56. The van der Waals surface area contributed by atoms with E-state index in [1.807, 2.05) is 0 Å². The smallest absolute Gasteiger partial charge is 0.329 e. The second-order valence-corrected chi connectivity index (χ2v) is 7.39. The van der Waals surface area contributed by atoms with E-state index in [2.05, 4.69) is 15.2 Å². The molecule has 24 heavy (non-hydrogen) atoms. The first-order valence-electron chi connectivity index (χ1n) is 9.42. The lowest BCUT2D eigenvalue weighted by Gasteiger charge is -2.22. The van der Waals surface area contributed by atoms with Gasteiger partial charge in [-0.1, -0.05) is 32.1 Å². The van der Waals surface area contributed by atoms with Crippen LogP contribution in [0.2, 0.25) is 0 Å². The molecular weight excluding hydrogens is 304 g/mol. The molecule has 1 aromatic rings. The highest BCUT2D eigenvalue weighted by Gasteiger charge is 2.23. The lowest BCUT2D eigenvalue weighted by molar-refractivity contribution is 0.328. The van der Waals surface area contributed by atoms with Gasteiger partial charge in [0.2, 0.25) is 0 Å². The number of nitrogens with zero attached hydrogens (tertiary/aromatic N) is 2. The van der Waals surface area contributed by atoms with E-state index in [9.17, 15) is 9.59 Å². The molecule has 1 aliphatic heterocycles. The first-order valence-corrected chi connectivity index (χ1v) is 9.42. The summed E-state index contributed by atoms with van der Waals surface area (Å²) in [6, 6.07) is 1.97. The first kappa shape index (κ1) is 17.3. The maximum absolute atomic E-state index is 11.8. The molecule has 0 aromatic carbocycles. The normalized spacial score (nSPS) is 22.2. The molecule has 1 atom stereocenters. The molecule has 0 radical (unpaired) electrons. The predicted octanol–water partition coefficient (Wildman–Crippen LogP) is 1.60. The van der Waals surface area contributed by atoms with Crippen LogP contribution in [0.5, 0.6) is 0 Å². The maximum atomic E-state index is 11.8. The summed E-state index contributed by atoms with van der Waals surface area (Å²) in [7, 11) is 1.49. The number of hydrogen-bond acceptors (Lipinski definition) is 4. The lowest BCUT2D eigenvalue weighted by atomic mass is 9.86. The molecular formula is C18H30N4O2. The first-order chi connectivity index (χ1) is 11.6. The SMILES string of the molecule is Cn1c(=O)cc(N2CC[C@@H](NCCCC3CCCCC3)C2)[nH]c1=O. The molecule has 0 amide bonds. The number of H-pyrrole nitrogens is 1. The molecule has 6 heteroatoms. The molecule has 1 aliphatic carbocycles. The zero-order valence-corrected chi connectivity index (χ0v) is 14.7. The molecule has 1 aromatic heterocycles. The zero-order valence-electron chi connectivity index (χ0n) is 14.7. The Labute approximate surface area is 143 Å². The van der Waals surface area contributed by atoms with Crippen LogP contribution in [0.25, 0.3) is 0 Å². The van der Waals surface area contributed by atoms with Crippen LogP contribution in [0.3, 0.4) is 0 Å². The van der Waals surface area contributed by atoms with Gasteiger partial charge in [0.05, 0.1) is 0 Å². The van der Waals surface area contributed by atoms with Crippen LogP contribution in [0.4, 0.5) is 5.82 Å². The van der Waals surface area contributed by atoms with E-state index in [0.717, 1.165) is 36.5 Å². The molecule has 134 valence electrons. The molecule has 2 aliphatic rings. The van der Waals surface area contributed by atoms with Crippen molar-refractivity contribution >= 4 is 5.82 Å². The molecule has 2 fully saturated rings. The molecule has 1 saturated carbocycles. The summed E-state index contributed by atoms with van der Waals surface area (Å²) in [5.41, 5.74) is -0.598. The van der Waals surface area contributed by atoms with Gasteiger partial charge in [-0.3, -0.25) is 14.3 Å². The van der Waals surface area contributed by atoms with Crippen molar-refractivity contribution in [1.29, 1.82) is 0 Å². The number of aromatic amines is 1. The Bertz CT molecular complexity index is 614. The van der Waals surface area contributed by atoms with E-state index in [-0.39, 0.29) is 11.2 Å². The second kappa shape index (κ2) is 8.01. The minimum Gasteiger partial charge on any atom is -0.356 e. The summed E-state index contributed by atoms with van der Waals surface area (Å²) in [5, 5.41) is 3.64. The number of aromatic nitrogens is 2. The molecule has 2 heterocycles. The fourth-order valence-electron chi connectivity index (χ4n) is 4.03. The van der Waals surface area contributed by atoms with Crippen LogP contribution in [-0.4, -0.2) is 35.2 Å². The van der Waals surface area contributed by atoms with E-state index in [4.69, 9.17) is 0 Å². The number of rotatable bonds is 6. The van der Waals surface area contributed by atoms with Crippen molar-refractivity contribution in [2.45, 2.75) is 57.4 Å². The van der Waals surface area contributed by atoms with Crippen molar-refractivity contribution in [3.63, 3.8) is 0 Å². The highest BCUT2D eigenvalue weighted by Crippen LogP contribution is 2.27. The minimum absolute atomic E-state index is 0.252. The quantitative estimate of drug-likeness (QED) is 0.775. The van der Waals surface area contributed by atoms with Crippen LogP contribution in [0, 0.1) is 5.92 Å². The fourth-order valence-corrected chi connectivity index (χ4v) is 4.03. The summed E-state index contributed by atoms with van der Waals surface area (Å²) in [4.78, 5) is 28.4. The summed E-state index contributed by atoms with van der Waals surface area (Å²) in [5.74, 6) is 1.60. The van der Waals surface area contributed by atoms with E-state index in [1.54, 1.807) is 0 Å². The highest BCUT2D eigenvalue weighted by atomic mass is 16.2. The van der Waals surface area contributed by atoms with Crippen LogP contribution in [-0.2, 0) is 7.05 Å². The third kappa shape index (κ3) is 4.29. The molecule has 0 unspecified atom stereocenters. The van der Waals surface area contributed by atoms with Crippen LogP contribution >= 0.6 is 0 Å². The monoisotopic (exact) mass is 334 g/mol. The molecule has 0 spiro atoms. The van der Waals surface area contributed by atoms with Gasteiger partial charge in [-0.05, 0) is 31.7 Å². The van der Waals surface area contributed by atoms with Crippen LogP contribution in [0.15, 0.2) is 15.7 Å². The Morgan fingerprint density at radius 1 is 1.21 bits per heavy atom. The van der Waals surface area contributed by atoms with Crippen molar-refractivity contribution in [3.05, 3.63) is 26.9 Å². The zero-order chi connectivity index (χ0) is 16.9. The number of nitrogens with one attached hydrogen (secondary N) is 2. The van der Waals surface area contributed by atoms with E-state index in [0.29, 0.717) is 11.9 Å². The Morgan fingerprint density at radius 2 is 2.00 bits per heavy atom. The maximum Gasteiger partial charge on any atom is 0.329 e. The standard InChI is InChI=1S/C18H30N4O2/c1-21-17(23)12-16(20-18(21)24)22-11-9-15(13-22)19-10-5-8-14-6-3-2-4-7-14/h12,14-15,19H,2-11,13H2,1H3,(H,20,24)/t15-/m1/s1. The summed E-state index contributed by atoms with van der Waals surface area (Å²) in [6.45, 7) is 2.80. The largest absolute Gasteiger partial charge is 0.356 e. The molecule has 6 nitrogen and oxygen atoms in total. The average Bonchev–Trinajstić information content (AvgIpc) is 3.06. The highest BCUT2D eigenvalue weighted by molar-refractivity contribution is 5.38. The number of hydrogen-bond donors (Lipinski definition) is 2. The van der Waals surface area contributed by atoms with Gasteiger partial charge in [0, 0.05) is 32.2 Å². The van der Waals surface area contributed by atoms with E-state index >= 15 is 0 Å². The van der Waals surface area contributed by atoms with Crippen LogP contribution < -0.4 is 21.5 Å². The van der Waals surface area contributed by atoms with Gasteiger partial charge in [-0.2, -0.15) is 0 Å². The molecule has 0 bridgehead atoms. The Morgan fingerprint density at radius 3 is 2.75 bits per heavy atom. The summed E-state index contributed by atoms with van der Waals surface area (Å²) < 4.78 is 1.10. The van der Waals surface area contributed by atoms with Gasteiger partial charge in [0.15, 0.2) is 0 Å². The van der Waals surface area contributed by atoms with Gasteiger partial charge in [0.1, 0.15) is 5.82 Å². The van der Waals surface area contributed by atoms with Crippen LogP contribution in [0.1, 0.15) is 51.4 Å². The van der Waals surface area contributed by atoms with Crippen molar-refractivity contribution in [2.75, 3.05) is 24.5 Å². The second-order valence-electron chi connectivity index (χ2n) is 7.39. The van der Waals surface area contributed by atoms with Crippen molar-refractivity contribution in [1.82, 2.24) is 14.9 Å². The Balaban J connectivity index is 1.42. The average molecular weight is 334 g/mol.